The summed E-state index contributed by atoms with van der Waals surface area (Å²) < 4.78 is 5.54. The number of unbranched alkanes of at least 4 members (excludes halogenated alkanes) is 2. The summed E-state index contributed by atoms with van der Waals surface area (Å²) in [5.74, 6) is 0.00307. The van der Waals surface area contributed by atoms with Crippen LogP contribution in [0.1, 0.15) is 42.4 Å². The van der Waals surface area contributed by atoms with Gasteiger partial charge in [0.1, 0.15) is 0 Å². The quantitative estimate of drug-likeness (QED) is 0.807. The number of carbonyl (C=O) groups is 1. The normalized spacial score (nSPS) is 10.6. The average molecular weight is 260 g/mol. The van der Waals surface area contributed by atoms with Crippen LogP contribution in [0.25, 0.3) is 11.5 Å². The van der Waals surface area contributed by atoms with E-state index < -0.39 is 5.97 Å². The Morgan fingerprint density at radius 2 is 2.16 bits per heavy atom. The van der Waals surface area contributed by atoms with Gasteiger partial charge in [0.15, 0.2) is 0 Å². The van der Waals surface area contributed by atoms with Gasteiger partial charge in [0.2, 0.25) is 11.8 Å². The fourth-order valence-corrected chi connectivity index (χ4v) is 1.78. The Balaban J connectivity index is 2.13. The topological polar surface area (TPSA) is 76.2 Å². The third-order valence-corrected chi connectivity index (χ3v) is 2.82. The molecule has 0 amide bonds. The maximum absolute atomic E-state index is 10.9. The molecule has 0 saturated heterocycles. The van der Waals surface area contributed by atoms with Crippen LogP contribution in [0.2, 0.25) is 0 Å². The van der Waals surface area contributed by atoms with Gasteiger partial charge >= 0.3 is 5.97 Å². The smallest absolute Gasteiger partial charge is 0.335 e. The molecule has 5 nitrogen and oxygen atoms in total. The number of rotatable bonds is 6. The highest BCUT2D eigenvalue weighted by molar-refractivity contribution is 5.88. The van der Waals surface area contributed by atoms with Crippen LogP contribution in [0.5, 0.6) is 0 Å². The standard InChI is InChI=1S/C14H16N2O3/c1-2-3-4-8-12-15-16-13(19-12)10-6-5-7-11(9-10)14(17)18/h5-7,9H,2-4,8H2,1H3,(H,17,18). The lowest BCUT2D eigenvalue weighted by Gasteiger charge is -1.97. The van der Waals surface area contributed by atoms with E-state index in [1.165, 1.54) is 12.1 Å². The highest BCUT2D eigenvalue weighted by Gasteiger charge is 2.10. The lowest BCUT2D eigenvalue weighted by Crippen LogP contribution is -1.95. The predicted octanol–water partition coefficient (Wildman–Crippen LogP) is 3.17. The predicted molar refractivity (Wildman–Crippen MR) is 69.9 cm³/mol. The van der Waals surface area contributed by atoms with Gasteiger partial charge in [-0.15, -0.1) is 10.2 Å². The molecule has 0 aliphatic rings. The van der Waals surface area contributed by atoms with Gasteiger partial charge in [-0.05, 0) is 24.6 Å². The molecule has 5 heteroatoms. The molecule has 100 valence electrons. The molecule has 0 fully saturated rings. The van der Waals surface area contributed by atoms with E-state index in [-0.39, 0.29) is 5.56 Å². The van der Waals surface area contributed by atoms with E-state index in [2.05, 4.69) is 17.1 Å². The molecule has 2 aromatic rings. The molecule has 0 aliphatic carbocycles. The second-order valence-corrected chi connectivity index (χ2v) is 4.34. The minimum atomic E-state index is -0.968. The second-order valence-electron chi connectivity index (χ2n) is 4.34. The van der Waals surface area contributed by atoms with Crippen LogP contribution in [-0.4, -0.2) is 21.3 Å². The van der Waals surface area contributed by atoms with E-state index in [0.29, 0.717) is 17.3 Å². The second kappa shape index (κ2) is 6.13. The van der Waals surface area contributed by atoms with Gasteiger partial charge in [0.25, 0.3) is 0 Å². The van der Waals surface area contributed by atoms with Crippen molar-refractivity contribution in [3.05, 3.63) is 35.7 Å². The van der Waals surface area contributed by atoms with Crippen LogP contribution in [0.3, 0.4) is 0 Å². The molecule has 0 unspecified atom stereocenters. The monoisotopic (exact) mass is 260 g/mol. The van der Waals surface area contributed by atoms with Gasteiger partial charge in [0.05, 0.1) is 5.56 Å². The van der Waals surface area contributed by atoms with Crippen LogP contribution >= 0.6 is 0 Å². The van der Waals surface area contributed by atoms with Crippen molar-refractivity contribution in [1.82, 2.24) is 10.2 Å². The van der Waals surface area contributed by atoms with Crippen LogP contribution in [0, 0.1) is 0 Å². The Bertz CT molecular complexity index is 563. The highest BCUT2D eigenvalue weighted by atomic mass is 16.4. The zero-order valence-electron chi connectivity index (χ0n) is 10.8. The van der Waals surface area contributed by atoms with Gasteiger partial charge in [-0.3, -0.25) is 0 Å². The number of carboxylic acid groups (broad SMARTS) is 1. The van der Waals surface area contributed by atoms with Crippen molar-refractivity contribution in [2.45, 2.75) is 32.6 Å². The molecule has 1 heterocycles. The van der Waals surface area contributed by atoms with Crippen LogP contribution in [0.4, 0.5) is 0 Å². The van der Waals surface area contributed by atoms with E-state index in [0.717, 1.165) is 25.7 Å². The Kier molecular flexibility index (Phi) is 4.28. The molecular weight excluding hydrogens is 244 g/mol. The van der Waals surface area contributed by atoms with E-state index >= 15 is 0 Å². The third kappa shape index (κ3) is 3.40. The minimum Gasteiger partial charge on any atom is -0.478 e. The Morgan fingerprint density at radius 1 is 1.32 bits per heavy atom. The number of hydrogen-bond donors (Lipinski definition) is 1. The zero-order chi connectivity index (χ0) is 13.7. The minimum absolute atomic E-state index is 0.211. The number of benzene rings is 1. The average Bonchev–Trinajstić information content (AvgIpc) is 2.88. The first-order valence-corrected chi connectivity index (χ1v) is 6.37. The molecule has 2 rings (SSSR count). The molecule has 0 spiro atoms. The number of aromatic carboxylic acids is 1. The van der Waals surface area contributed by atoms with Crippen LogP contribution in [-0.2, 0) is 6.42 Å². The van der Waals surface area contributed by atoms with Gasteiger partial charge in [-0.2, -0.15) is 0 Å². The summed E-state index contributed by atoms with van der Waals surface area (Å²) in [6, 6.07) is 6.49. The highest BCUT2D eigenvalue weighted by Crippen LogP contribution is 2.19. The lowest BCUT2D eigenvalue weighted by atomic mass is 10.1. The number of aromatic nitrogens is 2. The van der Waals surface area contributed by atoms with Crippen molar-refractivity contribution in [1.29, 1.82) is 0 Å². The first kappa shape index (κ1) is 13.3. The summed E-state index contributed by atoms with van der Waals surface area (Å²) in [5, 5.41) is 16.9. The van der Waals surface area contributed by atoms with Gasteiger partial charge < -0.3 is 9.52 Å². The maximum Gasteiger partial charge on any atom is 0.335 e. The number of hydrogen-bond acceptors (Lipinski definition) is 4. The Labute approximate surface area is 111 Å². The molecule has 0 aliphatic heterocycles. The van der Waals surface area contributed by atoms with E-state index in [1.54, 1.807) is 12.1 Å². The molecule has 1 aromatic carbocycles. The summed E-state index contributed by atoms with van der Waals surface area (Å²) in [4.78, 5) is 10.9. The van der Waals surface area contributed by atoms with Crippen LogP contribution in [0.15, 0.2) is 28.7 Å². The molecule has 0 atom stereocenters. The van der Waals surface area contributed by atoms with Crippen molar-refractivity contribution in [2.24, 2.45) is 0 Å². The first-order valence-electron chi connectivity index (χ1n) is 6.37. The lowest BCUT2D eigenvalue weighted by molar-refractivity contribution is 0.0697. The zero-order valence-corrected chi connectivity index (χ0v) is 10.8. The van der Waals surface area contributed by atoms with Gasteiger partial charge in [-0.25, -0.2) is 4.79 Å². The van der Waals surface area contributed by atoms with Crippen molar-refractivity contribution < 1.29 is 14.3 Å². The van der Waals surface area contributed by atoms with Crippen molar-refractivity contribution in [3.8, 4) is 11.5 Å². The summed E-state index contributed by atoms with van der Waals surface area (Å²) in [7, 11) is 0. The molecule has 0 saturated carbocycles. The molecule has 0 radical (unpaired) electrons. The van der Waals surface area contributed by atoms with Gasteiger partial charge in [0, 0.05) is 12.0 Å². The van der Waals surface area contributed by atoms with E-state index in [4.69, 9.17) is 9.52 Å². The van der Waals surface area contributed by atoms with Crippen molar-refractivity contribution >= 4 is 5.97 Å². The third-order valence-electron chi connectivity index (χ3n) is 2.82. The fraction of sp³-hybridized carbons (Fsp3) is 0.357. The van der Waals surface area contributed by atoms with E-state index in [1.807, 2.05) is 0 Å². The van der Waals surface area contributed by atoms with Gasteiger partial charge in [-0.1, -0.05) is 25.8 Å². The largest absolute Gasteiger partial charge is 0.478 e. The van der Waals surface area contributed by atoms with E-state index in [9.17, 15) is 4.79 Å². The molecule has 0 bridgehead atoms. The Morgan fingerprint density at radius 3 is 2.89 bits per heavy atom. The molecule has 19 heavy (non-hydrogen) atoms. The number of aryl methyl sites for hydroxylation is 1. The van der Waals surface area contributed by atoms with Crippen molar-refractivity contribution in [2.75, 3.05) is 0 Å². The maximum atomic E-state index is 10.9. The van der Waals surface area contributed by atoms with Crippen LogP contribution < -0.4 is 0 Å². The molecule has 1 N–H and O–H groups in total. The summed E-state index contributed by atoms with van der Waals surface area (Å²) in [6.07, 6.45) is 4.06. The Hall–Kier alpha value is -2.17. The first-order chi connectivity index (χ1) is 9.20. The molecule has 1 aromatic heterocycles. The molecular formula is C14H16N2O3. The number of nitrogens with zero attached hydrogens (tertiary/aromatic N) is 2. The summed E-state index contributed by atoms with van der Waals surface area (Å²) in [5.41, 5.74) is 0.845. The van der Waals surface area contributed by atoms with Crippen molar-refractivity contribution in [3.63, 3.8) is 0 Å². The SMILES string of the molecule is CCCCCc1nnc(-c2cccc(C(=O)O)c2)o1. The summed E-state index contributed by atoms with van der Waals surface area (Å²) in [6.45, 7) is 2.14. The fourth-order valence-electron chi connectivity index (χ4n) is 1.78. The number of carboxylic acids is 1. The summed E-state index contributed by atoms with van der Waals surface area (Å²) >= 11 is 0.